The van der Waals surface area contributed by atoms with E-state index in [1.54, 1.807) is 0 Å². The number of amides is 1. The molecule has 0 unspecified atom stereocenters. The molecule has 2 aromatic rings. The number of nitrogens with one attached hydrogen (secondary N) is 1. The Hall–Kier alpha value is -2.82. The van der Waals surface area contributed by atoms with Crippen LogP contribution in [0.3, 0.4) is 0 Å². The molecule has 1 aliphatic carbocycles. The molecule has 1 aliphatic rings. The Bertz CT molecular complexity index is 813. The van der Waals surface area contributed by atoms with Crippen molar-refractivity contribution in [1.29, 1.82) is 0 Å². The summed E-state index contributed by atoms with van der Waals surface area (Å²) in [6.07, 6.45) is 4.83. The summed E-state index contributed by atoms with van der Waals surface area (Å²) in [5.41, 5.74) is 5.39. The maximum atomic E-state index is 12.0. The summed E-state index contributed by atoms with van der Waals surface area (Å²) >= 11 is 0. The molecule has 0 fully saturated rings. The molecular formula is C22H26N2O3. The molecular weight excluding hydrogens is 340 g/mol. The molecule has 0 spiro atoms. The van der Waals surface area contributed by atoms with Gasteiger partial charge in [-0.25, -0.2) is 0 Å². The van der Waals surface area contributed by atoms with Gasteiger partial charge in [0.15, 0.2) is 6.61 Å². The van der Waals surface area contributed by atoms with Gasteiger partial charge in [-0.05, 0) is 66.6 Å². The summed E-state index contributed by atoms with van der Waals surface area (Å²) in [5.74, 6) is -0.727. The third-order valence-electron chi connectivity index (χ3n) is 4.79. The molecule has 2 aromatic carbocycles. The van der Waals surface area contributed by atoms with Gasteiger partial charge in [0.2, 0.25) is 0 Å². The first-order valence-electron chi connectivity index (χ1n) is 9.35. The van der Waals surface area contributed by atoms with Crippen molar-refractivity contribution in [3.63, 3.8) is 0 Å². The van der Waals surface area contributed by atoms with Gasteiger partial charge in [-0.15, -0.1) is 0 Å². The first-order valence-corrected chi connectivity index (χ1v) is 9.35. The second-order valence-corrected chi connectivity index (χ2v) is 7.14. The fraction of sp³-hybridized carbons (Fsp3) is 0.364. The Balaban J connectivity index is 1.46. The number of rotatable bonds is 6. The van der Waals surface area contributed by atoms with E-state index < -0.39 is 0 Å². The molecule has 0 aromatic heterocycles. The van der Waals surface area contributed by atoms with Gasteiger partial charge < -0.3 is 15.0 Å². The number of hydrogen-bond donors (Lipinski definition) is 1. The quantitative estimate of drug-likeness (QED) is 0.797. The first-order chi connectivity index (χ1) is 13.0. The molecule has 5 heteroatoms. The van der Waals surface area contributed by atoms with Gasteiger partial charge in [0, 0.05) is 25.5 Å². The minimum Gasteiger partial charge on any atom is -0.455 e. The predicted octanol–water partition coefficient (Wildman–Crippen LogP) is 3.36. The Morgan fingerprint density at radius 3 is 2.41 bits per heavy atom. The van der Waals surface area contributed by atoms with E-state index in [4.69, 9.17) is 4.74 Å². The molecule has 0 atom stereocenters. The lowest BCUT2D eigenvalue weighted by molar-refractivity contribution is -0.146. The summed E-state index contributed by atoms with van der Waals surface area (Å²) in [6, 6.07) is 13.7. The number of aryl methyl sites for hydroxylation is 2. The fourth-order valence-corrected chi connectivity index (χ4v) is 3.30. The fourth-order valence-electron chi connectivity index (χ4n) is 3.30. The lowest BCUT2D eigenvalue weighted by Crippen LogP contribution is -2.21. The molecule has 0 saturated heterocycles. The molecule has 3 rings (SSSR count). The largest absolute Gasteiger partial charge is 0.455 e. The van der Waals surface area contributed by atoms with Crippen molar-refractivity contribution in [1.82, 2.24) is 0 Å². The predicted molar refractivity (Wildman–Crippen MR) is 107 cm³/mol. The molecule has 0 aliphatic heterocycles. The van der Waals surface area contributed by atoms with Crippen LogP contribution in [-0.2, 0) is 33.6 Å². The van der Waals surface area contributed by atoms with Crippen LogP contribution >= 0.6 is 0 Å². The number of nitrogens with zero attached hydrogens (tertiary/aromatic N) is 1. The number of ether oxygens (including phenoxy) is 1. The third-order valence-corrected chi connectivity index (χ3v) is 4.79. The second kappa shape index (κ2) is 8.71. The standard InChI is InChI=1S/C22H26N2O3/c1-24(2)20-11-9-19(10-12-20)23-21(25)15-27-22(26)14-16-7-8-17-5-3-4-6-18(17)13-16/h7-13H,3-6,14-15H2,1-2H3,(H,23,25). The van der Waals surface area contributed by atoms with Crippen LogP contribution in [-0.4, -0.2) is 32.6 Å². The SMILES string of the molecule is CN(C)c1ccc(NC(=O)COC(=O)Cc2ccc3c(c2)CCCC3)cc1. The van der Waals surface area contributed by atoms with E-state index >= 15 is 0 Å². The average molecular weight is 366 g/mol. The number of hydrogen-bond acceptors (Lipinski definition) is 4. The molecule has 5 nitrogen and oxygen atoms in total. The van der Waals surface area contributed by atoms with Gasteiger partial charge >= 0.3 is 5.97 Å². The Morgan fingerprint density at radius 2 is 1.70 bits per heavy atom. The van der Waals surface area contributed by atoms with Crippen LogP contribution in [0.5, 0.6) is 0 Å². The van der Waals surface area contributed by atoms with Gasteiger partial charge in [0.25, 0.3) is 5.91 Å². The van der Waals surface area contributed by atoms with Crippen molar-refractivity contribution in [2.45, 2.75) is 32.1 Å². The van der Waals surface area contributed by atoms with E-state index in [-0.39, 0.29) is 24.9 Å². The maximum Gasteiger partial charge on any atom is 0.310 e. The number of carbonyl (C=O) groups excluding carboxylic acids is 2. The van der Waals surface area contributed by atoms with Gasteiger partial charge in [0.1, 0.15) is 0 Å². The number of fused-ring (bicyclic) bond motifs is 1. The van der Waals surface area contributed by atoms with Crippen molar-refractivity contribution in [2.24, 2.45) is 0 Å². The molecule has 1 amide bonds. The smallest absolute Gasteiger partial charge is 0.310 e. The molecule has 0 radical (unpaired) electrons. The number of anilines is 2. The summed E-state index contributed by atoms with van der Waals surface area (Å²) in [6.45, 7) is -0.279. The minimum absolute atomic E-state index is 0.193. The van der Waals surface area contributed by atoms with E-state index in [9.17, 15) is 9.59 Å². The van der Waals surface area contributed by atoms with Crippen LogP contribution < -0.4 is 10.2 Å². The van der Waals surface area contributed by atoms with E-state index in [0.717, 1.165) is 24.1 Å². The highest BCUT2D eigenvalue weighted by molar-refractivity contribution is 5.93. The normalized spacial score (nSPS) is 12.8. The van der Waals surface area contributed by atoms with E-state index in [1.165, 1.54) is 24.0 Å². The molecule has 1 N–H and O–H groups in total. The zero-order valence-electron chi connectivity index (χ0n) is 16.0. The Kier molecular flexibility index (Phi) is 6.12. The van der Waals surface area contributed by atoms with Crippen molar-refractivity contribution in [3.8, 4) is 0 Å². The molecule has 142 valence electrons. The average Bonchev–Trinajstić information content (AvgIpc) is 2.67. The lowest BCUT2D eigenvalue weighted by Gasteiger charge is -2.16. The van der Waals surface area contributed by atoms with Crippen molar-refractivity contribution >= 4 is 23.3 Å². The van der Waals surface area contributed by atoms with E-state index in [1.807, 2.05) is 49.3 Å². The monoisotopic (exact) mass is 366 g/mol. The third kappa shape index (κ3) is 5.33. The van der Waals surface area contributed by atoms with Crippen LogP contribution in [0.15, 0.2) is 42.5 Å². The molecule has 0 heterocycles. The van der Waals surface area contributed by atoms with Crippen molar-refractivity contribution in [3.05, 3.63) is 59.2 Å². The topological polar surface area (TPSA) is 58.6 Å². The Labute approximate surface area is 160 Å². The first kappa shape index (κ1) is 19.0. The highest BCUT2D eigenvalue weighted by Crippen LogP contribution is 2.22. The molecule has 0 saturated carbocycles. The van der Waals surface area contributed by atoms with Crippen molar-refractivity contribution < 1.29 is 14.3 Å². The summed E-state index contributed by atoms with van der Waals surface area (Å²) < 4.78 is 5.13. The molecule has 0 bridgehead atoms. The van der Waals surface area contributed by atoms with E-state index in [0.29, 0.717) is 5.69 Å². The zero-order chi connectivity index (χ0) is 19.2. The number of benzene rings is 2. The highest BCUT2D eigenvalue weighted by atomic mass is 16.5. The van der Waals surface area contributed by atoms with Crippen LogP contribution in [0, 0.1) is 0 Å². The van der Waals surface area contributed by atoms with Crippen LogP contribution in [0.4, 0.5) is 11.4 Å². The maximum absolute atomic E-state index is 12.0. The number of esters is 1. The molecule has 27 heavy (non-hydrogen) atoms. The van der Waals surface area contributed by atoms with Gasteiger partial charge in [0.05, 0.1) is 6.42 Å². The summed E-state index contributed by atoms with van der Waals surface area (Å²) in [5, 5.41) is 2.73. The van der Waals surface area contributed by atoms with Crippen LogP contribution in [0.25, 0.3) is 0 Å². The zero-order valence-corrected chi connectivity index (χ0v) is 16.0. The van der Waals surface area contributed by atoms with E-state index in [2.05, 4.69) is 17.4 Å². The van der Waals surface area contributed by atoms with Crippen molar-refractivity contribution in [2.75, 3.05) is 30.9 Å². The minimum atomic E-state index is -0.385. The lowest BCUT2D eigenvalue weighted by atomic mass is 9.90. The Morgan fingerprint density at radius 1 is 1.00 bits per heavy atom. The van der Waals surface area contributed by atoms with Crippen LogP contribution in [0.1, 0.15) is 29.5 Å². The summed E-state index contributed by atoms with van der Waals surface area (Å²) in [4.78, 5) is 26.0. The summed E-state index contributed by atoms with van der Waals surface area (Å²) in [7, 11) is 3.91. The second-order valence-electron chi connectivity index (χ2n) is 7.14. The van der Waals surface area contributed by atoms with Gasteiger partial charge in [-0.1, -0.05) is 18.2 Å². The van der Waals surface area contributed by atoms with Gasteiger partial charge in [-0.2, -0.15) is 0 Å². The number of carbonyl (C=O) groups is 2. The van der Waals surface area contributed by atoms with Crippen LogP contribution in [0.2, 0.25) is 0 Å². The highest BCUT2D eigenvalue weighted by Gasteiger charge is 2.13. The van der Waals surface area contributed by atoms with Gasteiger partial charge in [-0.3, -0.25) is 9.59 Å².